The van der Waals surface area contributed by atoms with E-state index in [1.165, 1.54) is 71.6 Å². The molecule has 0 unspecified atom stereocenters. The zero-order valence-electron chi connectivity index (χ0n) is 26.2. The van der Waals surface area contributed by atoms with Crippen molar-refractivity contribution in [2.24, 2.45) is 0 Å². The van der Waals surface area contributed by atoms with Gasteiger partial charge >= 0.3 is 0 Å². The van der Waals surface area contributed by atoms with Crippen LogP contribution in [0.1, 0.15) is 11.1 Å². The van der Waals surface area contributed by atoms with Crippen LogP contribution >= 0.6 is 0 Å². The molecule has 0 aliphatic carbocycles. The molecule has 0 atom stereocenters. The molecule has 3 nitrogen and oxygen atoms in total. The Balaban J connectivity index is 1.18. The van der Waals surface area contributed by atoms with Crippen LogP contribution in [0.15, 0.2) is 150 Å². The zero-order chi connectivity index (χ0) is 31.2. The van der Waals surface area contributed by atoms with E-state index in [0.29, 0.717) is 0 Å². The van der Waals surface area contributed by atoms with Crippen LogP contribution in [0.2, 0.25) is 0 Å². The summed E-state index contributed by atoms with van der Waals surface area (Å²) in [6.07, 6.45) is 0. The van der Waals surface area contributed by atoms with Crippen molar-refractivity contribution < 1.29 is 4.42 Å². The SMILES string of the molecule is Cc1ccc2c(c1)c1cc(-c3ccc4c(c3)c3cc(C)ccc3n4-c3ccc4c(c3)oc3ccccc34)ccc1n2-c1ccccc1. The maximum Gasteiger partial charge on any atom is 0.137 e. The minimum absolute atomic E-state index is 0.903. The first-order valence-corrected chi connectivity index (χ1v) is 16.2. The van der Waals surface area contributed by atoms with E-state index in [1.807, 2.05) is 12.1 Å². The van der Waals surface area contributed by atoms with E-state index in [9.17, 15) is 0 Å². The van der Waals surface area contributed by atoms with Gasteiger partial charge in [0.1, 0.15) is 11.2 Å². The molecule has 0 bridgehead atoms. The molecule has 0 aliphatic rings. The highest BCUT2D eigenvalue weighted by molar-refractivity contribution is 6.13. The topological polar surface area (TPSA) is 23.0 Å². The largest absolute Gasteiger partial charge is 0.456 e. The van der Waals surface area contributed by atoms with Crippen molar-refractivity contribution in [1.82, 2.24) is 9.13 Å². The molecule has 10 rings (SSSR count). The van der Waals surface area contributed by atoms with Crippen molar-refractivity contribution >= 4 is 65.6 Å². The van der Waals surface area contributed by atoms with Crippen LogP contribution in [-0.2, 0) is 0 Å². The number of hydrogen-bond acceptors (Lipinski definition) is 1. The molecule has 3 heterocycles. The van der Waals surface area contributed by atoms with Crippen molar-refractivity contribution in [2.45, 2.75) is 13.8 Å². The predicted molar refractivity (Wildman–Crippen MR) is 197 cm³/mol. The van der Waals surface area contributed by atoms with Crippen molar-refractivity contribution in [3.8, 4) is 22.5 Å². The first kappa shape index (κ1) is 26.2. The predicted octanol–water partition coefficient (Wildman–Crippen LogP) is 12.1. The number of para-hydroxylation sites is 2. The number of aryl methyl sites for hydroxylation is 2. The van der Waals surface area contributed by atoms with Gasteiger partial charge in [-0.1, -0.05) is 71.8 Å². The van der Waals surface area contributed by atoms with Gasteiger partial charge in [0.15, 0.2) is 0 Å². The van der Waals surface area contributed by atoms with Gasteiger partial charge in [0.2, 0.25) is 0 Å². The summed E-state index contributed by atoms with van der Waals surface area (Å²) < 4.78 is 11.1. The Morgan fingerprint density at radius 3 is 1.51 bits per heavy atom. The number of furan rings is 1. The van der Waals surface area contributed by atoms with Gasteiger partial charge in [-0.15, -0.1) is 0 Å². The summed E-state index contributed by atoms with van der Waals surface area (Å²) in [5, 5.41) is 7.33. The molecule has 10 aromatic rings. The van der Waals surface area contributed by atoms with Gasteiger partial charge in [-0.25, -0.2) is 0 Å². The monoisotopic (exact) mass is 602 g/mol. The fourth-order valence-electron chi connectivity index (χ4n) is 7.62. The number of benzene rings is 7. The molecule has 3 heteroatoms. The second-order valence-electron chi connectivity index (χ2n) is 12.8. The van der Waals surface area contributed by atoms with E-state index in [1.54, 1.807) is 0 Å². The fraction of sp³-hybridized carbons (Fsp3) is 0.0455. The average Bonchev–Trinajstić information content (AvgIpc) is 3.75. The lowest BCUT2D eigenvalue weighted by molar-refractivity contribution is 0.668. The summed E-state index contributed by atoms with van der Waals surface area (Å²) >= 11 is 0. The molecular weight excluding hydrogens is 572 g/mol. The number of fused-ring (bicyclic) bond motifs is 9. The second-order valence-corrected chi connectivity index (χ2v) is 12.8. The normalized spacial score (nSPS) is 12.0. The summed E-state index contributed by atoms with van der Waals surface area (Å²) in [6.45, 7) is 4.35. The molecule has 47 heavy (non-hydrogen) atoms. The lowest BCUT2D eigenvalue weighted by Gasteiger charge is -2.09. The van der Waals surface area contributed by atoms with Crippen LogP contribution in [0.3, 0.4) is 0 Å². The molecule has 0 aliphatic heterocycles. The van der Waals surface area contributed by atoms with Crippen LogP contribution in [0, 0.1) is 13.8 Å². The molecule has 3 aromatic heterocycles. The van der Waals surface area contributed by atoms with Gasteiger partial charge < -0.3 is 13.6 Å². The first-order chi connectivity index (χ1) is 23.1. The highest BCUT2D eigenvalue weighted by Crippen LogP contribution is 2.39. The van der Waals surface area contributed by atoms with E-state index in [-0.39, 0.29) is 0 Å². The quantitative estimate of drug-likeness (QED) is 0.197. The minimum atomic E-state index is 0.903. The van der Waals surface area contributed by atoms with Crippen molar-refractivity contribution in [1.29, 1.82) is 0 Å². The average molecular weight is 603 g/mol. The maximum atomic E-state index is 6.30. The lowest BCUT2D eigenvalue weighted by Crippen LogP contribution is -1.93. The number of rotatable bonds is 3. The summed E-state index contributed by atoms with van der Waals surface area (Å²) in [6, 6.07) is 52.9. The highest BCUT2D eigenvalue weighted by Gasteiger charge is 2.17. The fourth-order valence-corrected chi connectivity index (χ4v) is 7.62. The van der Waals surface area contributed by atoms with Crippen LogP contribution in [0.5, 0.6) is 0 Å². The molecule has 222 valence electrons. The number of aromatic nitrogens is 2. The molecule has 0 amide bonds. The smallest absolute Gasteiger partial charge is 0.137 e. The third-order valence-corrected chi connectivity index (χ3v) is 9.81. The molecule has 0 N–H and O–H groups in total. The van der Waals surface area contributed by atoms with E-state index in [0.717, 1.165) is 27.6 Å². The van der Waals surface area contributed by atoms with Gasteiger partial charge in [-0.2, -0.15) is 0 Å². The summed E-state index contributed by atoms with van der Waals surface area (Å²) in [5.74, 6) is 0. The number of nitrogens with zero attached hydrogens (tertiary/aromatic N) is 2. The van der Waals surface area contributed by atoms with Crippen LogP contribution in [0.25, 0.3) is 88.1 Å². The lowest BCUT2D eigenvalue weighted by atomic mass is 10.00. The molecule has 0 saturated heterocycles. The van der Waals surface area contributed by atoms with Gasteiger partial charge in [0.05, 0.1) is 22.1 Å². The standard InChI is InChI=1S/C44H30N2O/c1-27-12-18-39-35(22-27)37-24-29(14-20-41(37)45(39)31-8-4-3-5-9-31)30-15-21-42-38(25-30)36-23-28(2)13-19-40(36)46(42)32-16-17-34-33-10-6-7-11-43(33)47-44(34)26-32/h3-26H,1-2H3. The molecule has 0 radical (unpaired) electrons. The molecule has 0 fully saturated rings. The minimum Gasteiger partial charge on any atom is -0.456 e. The van der Waals surface area contributed by atoms with Gasteiger partial charge in [-0.3, -0.25) is 0 Å². The highest BCUT2D eigenvalue weighted by atomic mass is 16.3. The Morgan fingerprint density at radius 1 is 0.362 bits per heavy atom. The molecule has 0 spiro atoms. The van der Waals surface area contributed by atoms with Crippen molar-refractivity contribution in [3.05, 3.63) is 157 Å². The van der Waals surface area contributed by atoms with E-state index in [4.69, 9.17) is 4.42 Å². The summed E-state index contributed by atoms with van der Waals surface area (Å²) in [4.78, 5) is 0. The van der Waals surface area contributed by atoms with Gasteiger partial charge in [-0.05, 0) is 104 Å². The van der Waals surface area contributed by atoms with E-state index < -0.39 is 0 Å². The van der Waals surface area contributed by atoms with Crippen LogP contribution < -0.4 is 0 Å². The van der Waals surface area contributed by atoms with Crippen molar-refractivity contribution in [2.75, 3.05) is 0 Å². The first-order valence-electron chi connectivity index (χ1n) is 16.2. The third kappa shape index (κ3) is 3.87. The van der Waals surface area contributed by atoms with Crippen LogP contribution in [-0.4, -0.2) is 9.13 Å². The Morgan fingerprint density at radius 2 is 0.872 bits per heavy atom. The summed E-state index contributed by atoms with van der Waals surface area (Å²) in [7, 11) is 0. The Kier molecular flexibility index (Phi) is 5.41. The van der Waals surface area contributed by atoms with E-state index >= 15 is 0 Å². The van der Waals surface area contributed by atoms with Gasteiger partial charge in [0.25, 0.3) is 0 Å². The van der Waals surface area contributed by atoms with Crippen molar-refractivity contribution in [3.63, 3.8) is 0 Å². The Hall–Kier alpha value is -6.06. The third-order valence-electron chi connectivity index (χ3n) is 9.81. The molecule has 0 saturated carbocycles. The second kappa shape index (κ2) is 9.72. The Bertz CT molecular complexity index is 2860. The number of hydrogen-bond donors (Lipinski definition) is 0. The Labute approximate surface area is 271 Å². The summed E-state index contributed by atoms with van der Waals surface area (Å²) in [5.41, 5.74) is 13.8. The van der Waals surface area contributed by atoms with Crippen LogP contribution in [0.4, 0.5) is 0 Å². The van der Waals surface area contributed by atoms with E-state index in [2.05, 4.69) is 156 Å². The van der Waals surface area contributed by atoms with Gasteiger partial charge in [0, 0.05) is 49.8 Å². The zero-order valence-corrected chi connectivity index (χ0v) is 26.2. The molecular formula is C44H30N2O. The molecule has 7 aromatic carbocycles. The maximum absolute atomic E-state index is 6.30.